The van der Waals surface area contributed by atoms with Gasteiger partial charge in [0, 0.05) is 6.04 Å². The van der Waals surface area contributed by atoms with E-state index >= 15 is 0 Å². The van der Waals surface area contributed by atoms with Crippen molar-refractivity contribution in [2.24, 2.45) is 5.10 Å². The van der Waals surface area contributed by atoms with E-state index in [2.05, 4.69) is 24.4 Å². The third-order valence-corrected chi connectivity index (χ3v) is 8.80. The third-order valence-electron chi connectivity index (χ3n) is 7.13. The van der Waals surface area contributed by atoms with Crippen LogP contribution >= 0.6 is 0 Å². The zero-order chi connectivity index (χ0) is 24.4. The number of nitrogens with one attached hydrogen (secondary N) is 1. The number of benzene rings is 3. The van der Waals surface area contributed by atoms with Gasteiger partial charge < -0.3 is 5.32 Å². The Hall–Kier alpha value is -2.96. The fraction of sp³-hybridized carbons (Fsp3) is 0.345. The Morgan fingerprint density at radius 2 is 1.40 bits per heavy atom. The maximum atomic E-state index is 14.0. The van der Waals surface area contributed by atoms with E-state index in [1.54, 1.807) is 12.1 Å². The molecular formula is C29H33N3O2S. The average Bonchev–Trinajstić information content (AvgIpc) is 3.26. The quantitative estimate of drug-likeness (QED) is 0.482. The van der Waals surface area contributed by atoms with Crippen LogP contribution in [0.5, 0.6) is 0 Å². The smallest absolute Gasteiger partial charge is 0.279 e. The highest BCUT2D eigenvalue weighted by Gasteiger charge is 2.45. The van der Waals surface area contributed by atoms with Crippen LogP contribution in [0.1, 0.15) is 60.4 Å². The predicted octanol–water partition coefficient (Wildman–Crippen LogP) is 5.74. The molecule has 0 spiro atoms. The standard InChI is InChI=1S/C29H33N3O2S/c1-21-13-17-23(18-14-21)27-28(30-25-11-7-4-8-12-25)29(24-9-5-3-6-10-24)32(31-27)35(33,34)26-19-15-22(2)16-20-26/h3,5-6,9-10,13-20,25,28-30H,4,7-8,11-12H2,1-2H3/t28-,29+/m0/s1. The number of hydrogen-bond acceptors (Lipinski definition) is 4. The number of aryl methyl sites for hydroxylation is 2. The van der Waals surface area contributed by atoms with Crippen molar-refractivity contribution in [3.63, 3.8) is 0 Å². The summed E-state index contributed by atoms with van der Waals surface area (Å²) in [6.07, 6.45) is 5.86. The van der Waals surface area contributed by atoms with Crippen molar-refractivity contribution in [3.05, 3.63) is 101 Å². The second-order valence-electron chi connectivity index (χ2n) is 9.78. The number of hydrazone groups is 1. The summed E-state index contributed by atoms with van der Waals surface area (Å²) in [6.45, 7) is 4.01. The highest BCUT2D eigenvalue weighted by Crippen LogP contribution is 2.38. The molecule has 6 heteroatoms. The van der Waals surface area contributed by atoms with E-state index in [1.807, 2.05) is 61.5 Å². The van der Waals surface area contributed by atoms with E-state index in [9.17, 15) is 8.42 Å². The van der Waals surface area contributed by atoms with Crippen molar-refractivity contribution in [2.75, 3.05) is 0 Å². The highest BCUT2D eigenvalue weighted by molar-refractivity contribution is 7.89. The van der Waals surface area contributed by atoms with Gasteiger partial charge in [0.2, 0.25) is 0 Å². The van der Waals surface area contributed by atoms with Crippen LogP contribution in [0.4, 0.5) is 0 Å². The fourth-order valence-corrected chi connectivity index (χ4v) is 6.59. The first-order chi connectivity index (χ1) is 16.9. The van der Waals surface area contributed by atoms with Gasteiger partial charge in [-0.3, -0.25) is 0 Å². The van der Waals surface area contributed by atoms with Gasteiger partial charge in [0.15, 0.2) is 0 Å². The molecule has 0 aromatic heterocycles. The van der Waals surface area contributed by atoms with Crippen LogP contribution in [0.3, 0.4) is 0 Å². The van der Waals surface area contributed by atoms with E-state index in [1.165, 1.54) is 23.7 Å². The summed E-state index contributed by atoms with van der Waals surface area (Å²) in [5.74, 6) is 0. The maximum Gasteiger partial charge on any atom is 0.279 e. The zero-order valence-corrected chi connectivity index (χ0v) is 21.2. The van der Waals surface area contributed by atoms with E-state index in [-0.39, 0.29) is 10.9 Å². The van der Waals surface area contributed by atoms with E-state index in [0.717, 1.165) is 40.8 Å². The lowest BCUT2D eigenvalue weighted by Gasteiger charge is -2.32. The summed E-state index contributed by atoms with van der Waals surface area (Å²) in [4.78, 5) is 0.259. The Kier molecular flexibility index (Phi) is 6.76. The lowest BCUT2D eigenvalue weighted by Crippen LogP contribution is -2.48. The van der Waals surface area contributed by atoms with Gasteiger partial charge in [0.1, 0.15) is 6.04 Å². The zero-order valence-electron chi connectivity index (χ0n) is 20.4. The van der Waals surface area contributed by atoms with Crippen molar-refractivity contribution in [2.45, 2.75) is 69.0 Å². The minimum absolute atomic E-state index is 0.247. The topological polar surface area (TPSA) is 61.8 Å². The molecule has 1 aliphatic carbocycles. The second-order valence-corrected chi connectivity index (χ2v) is 11.6. The van der Waals surface area contributed by atoms with Gasteiger partial charge in [-0.05, 0) is 49.9 Å². The molecule has 3 aromatic rings. The lowest BCUT2D eigenvalue weighted by molar-refractivity contribution is 0.291. The molecule has 1 fully saturated rings. The third kappa shape index (κ3) is 4.91. The highest BCUT2D eigenvalue weighted by atomic mass is 32.2. The van der Waals surface area contributed by atoms with Crippen LogP contribution in [0.25, 0.3) is 0 Å². The number of rotatable bonds is 6. The molecule has 0 radical (unpaired) electrons. The number of nitrogens with zero attached hydrogens (tertiary/aromatic N) is 2. The molecule has 35 heavy (non-hydrogen) atoms. The summed E-state index contributed by atoms with van der Waals surface area (Å²) in [5.41, 5.74) is 4.84. The molecule has 1 aliphatic heterocycles. The molecule has 3 aromatic carbocycles. The van der Waals surface area contributed by atoms with E-state index in [0.29, 0.717) is 6.04 Å². The van der Waals surface area contributed by atoms with Gasteiger partial charge in [-0.15, -0.1) is 0 Å². The Bertz CT molecular complexity index is 1280. The SMILES string of the molecule is Cc1ccc(C2=NN(S(=O)(=O)c3ccc(C)cc3)[C@H](c3ccccc3)[C@H]2NC2CCCCC2)cc1. The van der Waals surface area contributed by atoms with Gasteiger partial charge in [-0.1, -0.05) is 97.1 Å². The molecule has 1 heterocycles. The van der Waals surface area contributed by atoms with Crippen LogP contribution in [0.2, 0.25) is 0 Å². The van der Waals surface area contributed by atoms with Crippen LogP contribution in [-0.2, 0) is 10.0 Å². The van der Waals surface area contributed by atoms with Crippen molar-refractivity contribution >= 4 is 15.7 Å². The van der Waals surface area contributed by atoms with Crippen LogP contribution in [0, 0.1) is 13.8 Å². The normalized spacial score (nSPS) is 21.2. The predicted molar refractivity (Wildman–Crippen MR) is 141 cm³/mol. The number of sulfonamides is 1. The number of hydrogen-bond donors (Lipinski definition) is 1. The Morgan fingerprint density at radius 3 is 2.03 bits per heavy atom. The molecule has 0 amide bonds. The van der Waals surface area contributed by atoms with Crippen LogP contribution in [-0.4, -0.2) is 30.6 Å². The first-order valence-corrected chi connectivity index (χ1v) is 13.9. The van der Waals surface area contributed by atoms with E-state index < -0.39 is 16.1 Å². The molecule has 1 saturated carbocycles. The van der Waals surface area contributed by atoms with Gasteiger partial charge >= 0.3 is 0 Å². The minimum atomic E-state index is -3.87. The average molecular weight is 488 g/mol. The molecule has 2 aliphatic rings. The van der Waals surface area contributed by atoms with Gasteiger partial charge in [-0.2, -0.15) is 17.9 Å². The Morgan fingerprint density at radius 1 is 0.800 bits per heavy atom. The Balaban J connectivity index is 1.64. The fourth-order valence-electron chi connectivity index (χ4n) is 5.15. The lowest BCUT2D eigenvalue weighted by atomic mass is 9.90. The first-order valence-electron chi connectivity index (χ1n) is 12.5. The van der Waals surface area contributed by atoms with Crippen molar-refractivity contribution < 1.29 is 8.42 Å². The molecule has 5 rings (SSSR count). The molecule has 5 nitrogen and oxygen atoms in total. The first kappa shape index (κ1) is 23.8. The molecular weight excluding hydrogens is 454 g/mol. The maximum absolute atomic E-state index is 14.0. The molecule has 0 bridgehead atoms. The molecule has 0 unspecified atom stereocenters. The summed E-state index contributed by atoms with van der Waals surface area (Å²) in [6, 6.07) is 24.8. The van der Waals surface area contributed by atoms with Gasteiger partial charge in [0.25, 0.3) is 10.0 Å². The Labute approximate surface area is 208 Å². The summed E-state index contributed by atoms with van der Waals surface area (Å²) in [7, 11) is -3.87. The van der Waals surface area contributed by atoms with Gasteiger partial charge in [0.05, 0.1) is 16.6 Å². The van der Waals surface area contributed by atoms with Gasteiger partial charge in [-0.25, -0.2) is 0 Å². The van der Waals surface area contributed by atoms with Crippen LogP contribution in [0.15, 0.2) is 88.9 Å². The molecule has 2 atom stereocenters. The summed E-state index contributed by atoms with van der Waals surface area (Å²) < 4.78 is 29.3. The minimum Gasteiger partial charge on any atom is -0.304 e. The van der Waals surface area contributed by atoms with E-state index in [4.69, 9.17) is 5.10 Å². The molecule has 0 saturated heterocycles. The molecule has 1 N–H and O–H groups in total. The van der Waals surface area contributed by atoms with Crippen LogP contribution < -0.4 is 5.32 Å². The monoisotopic (exact) mass is 487 g/mol. The largest absolute Gasteiger partial charge is 0.304 e. The van der Waals surface area contributed by atoms with Crippen molar-refractivity contribution in [1.82, 2.24) is 9.73 Å². The molecule has 182 valence electrons. The van der Waals surface area contributed by atoms with Crippen molar-refractivity contribution in [3.8, 4) is 0 Å². The van der Waals surface area contributed by atoms with Crippen molar-refractivity contribution in [1.29, 1.82) is 0 Å². The summed E-state index contributed by atoms with van der Waals surface area (Å²) >= 11 is 0. The second kappa shape index (κ2) is 9.96. The summed E-state index contributed by atoms with van der Waals surface area (Å²) in [5, 5.41) is 8.72.